The molecule has 0 saturated carbocycles. The summed E-state index contributed by atoms with van der Waals surface area (Å²) in [6.07, 6.45) is 0. The van der Waals surface area contributed by atoms with E-state index >= 15 is 0 Å². The molecule has 0 fully saturated rings. The molecule has 1 amide bonds. The van der Waals surface area contributed by atoms with Gasteiger partial charge in [0.15, 0.2) is 0 Å². The van der Waals surface area contributed by atoms with Gasteiger partial charge in [-0.25, -0.2) is 0 Å². The molecule has 1 aromatic rings. The van der Waals surface area contributed by atoms with Crippen LogP contribution in [0.15, 0.2) is 18.2 Å². The Bertz CT molecular complexity index is 396. The van der Waals surface area contributed by atoms with Gasteiger partial charge in [-0.2, -0.15) is 0 Å². The van der Waals surface area contributed by atoms with Crippen LogP contribution >= 0.6 is 11.6 Å². The van der Waals surface area contributed by atoms with Crippen molar-refractivity contribution in [2.75, 3.05) is 32.1 Å². The number of amides is 1. The number of hydrogen-bond acceptors (Lipinski definition) is 3. The molecule has 0 heterocycles. The molecule has 0 spiro atoms. The predicted molar refractivity (Wildman–Crippen MR) is 70.0 cm³/mol. The second-order valence-corrected chi connectivity index (χ2v) is 3.99. The van der Waals surface area contributed by atoms with Gasteiger partial charge in [-0.15, -0.1) is 0 Å². The van der Waals surface area contributed by atoms with Crippen LogP contribution in [0.25, 0.3) is 0 Å². The van der Waals surface area contributed by atoms with E-state index in [1.54, 1.807) is 32.4 Å². The highest BCUT2D eigenvalue weighted by Gasteiger charge is 2.14. The van der Waals surface area contributed by atoms with E-state index in [2.05, 4.69) is 5.32 Å². The van der Waals surface area contributed by atoms with Gasteiger partial charge in [-0.3, -0.25) is 4.79 Å². The summed E-state index contributed by atoms with van der Waals surface area (Å²) in [6.45, 7) is 3.00. The van der Waals surface area contributed by atoms with Gasteiger partial charge >= 0.3 is 0 Å². The number of likely N-dealkylation sites (N-methyl/N-ethyl adjacent to an activating group) is 2. The van der Waals surface area contributed by atoms with Crippen molar-refractivity contribution in [1.29, 1.82) is 0 Å². The summed E-state index contributed by atoms with van der Waals surface area (Å²) in [5.41, 5.74) is 0.669. The molecule has 1 rings (SSSR count). The van der Waals surface area contributed by atoms with Gasteiger partial charge in [0.05, 0.1) is 19.3 Å². The molecule has 0 saturated heterocycles. The maximum Gasteiger partial charge on any atom is 0.240 e. The topological polar surface area (TPSA) is 41.6 Å². The number of rotatable bonds is 5. The Kier molecular flexibility index (Phi) is 5.25. The Labute approximate surface area is 107 Å². The first kappa shape index (κ1) is 13.8. The molecule has 1 aromatic carbocycles. The number of carbonyl (C=O) groups is 1. The fourth-order valence-electron chi connectivity index (χ4n) is 1.41. The number of carbonyl (C=O) groups excluding carboxylic acids is 1. The lowest BCUT2D eigenvalue weighted by Gasteiger charge is -2.20. The van der Waals surface area contributed by atoms with Crippen LogP contribution in [-0.2, 0) is 4.79 Å². The quantitative estimate of drug-likeness (QED) is 0.875. The number of benzene rings is 1. The Balaban J connectivity index is 2.90. The molecule has 1 N–H and O–H groups in total. The molecule has 94 valence electrons. The van der Waals surface area contributed by atoms with Crippen molar-refractivity contribution in [2.24, 2.45) is 0 Å². The van der Waals surface area contributed by atoms with Crippen molar-refractivity contribution in [1.82, 2.24) is 5.32 Å². The lowest BCUT2D eigenvalue weighted by atomic mass is 10.2. The SMILES string of the molecule is CCNCC(=O)N(C)c1cc(Cl)ccc1OC. The van der Waals surface area contributed by atoms with E-state index < -0.39 is 0 Å². The molecular formula is C12H17ClN2O2. The molecule has 0 atom stereocenters. The van der Waals surface area contributed by atoms with Crippen LogP contribution in [-0.4, -0.2) is 33.2 Å². The van der Waals surface area contributed by atoms with E-state index in [9.17, 15) is 4.79 Å². The van der Waals surface area contributed by atoms with Crippen LogP contribution in [0.4, 0.5) is 5.69 Å². The number of nitrogens with one attached hydrogen (secondary N) is 1. The van der Waals surface area contributed by atoms with Crippen LogP contribution in [0.2, 0.25) is 5.02 Å². The second-order valence-electron chi connectivity index (χ2n) is 3.55. The standard InChI is InChI=1S/C12H17ClN2O2/c1-4-14-8-12(16)15(2)10-7-9(13)5-6-11(10)17-3/h5-7,14H,4,8H2,1-3H3. The first-order valence-electron chi connectivity index (χ1n) is 5.41. The van der Waals surface area contributed by atoms with Crippen molar-refractivity contribution in [2.45, 2.75) is 6.92 Å². The molecular weight excluding hydrogens is 240 g/mol. The molecule has 0 aliphatic carbocycles. The summed E-state index contributed by atoms with van der Waals surface area (Å²) in [4.78, 5) is 13.4. The van der Waals surface area contributed by atoms with E-state index in [4.69, 9.17) is 16.3 Å². The molecule has 0 radical (unpaired) electrons. The minimum atomic E-state index is -0.0348. The Morgan fingerprint density at radius 3 is 2.82 bits per heavy atom. The highest BCUT2D eigenvalue weighted by molar-refractivity contribution is 6.31. The number of halogens is 1. The van der Waals surface area contributed by atoms with Gasteiger partial charge in [0, 0.05) is 12.1 Å². The molecule has 0 aliphatic rings. The number of methoxy groups -OCH3 is 1. The average Bonchev–Trinajstić information content (AvgIpc) is 2.34. The molecule has 0 unspecified atom stereocenters. The molecule has 0 aromatic heterocycles. The van der Waals surface area contributed by atoms with E-state index in [1.807, 2.05) is 6.92 Å². The molecule has 0 bridgehead atoms. The summed E-state index contributed by atoms with van der Waals surface area (Å²) in [5.74, 6) is 0.592. The van der Waals surface area contributed by atoms with Crippen LogP contribution in [0.3, 0.4) is 0 Å². The summed E-state index contributed by atoms with van der Waals surface area (Å²) in [7, 11) is 3.27. The van der Waals surface area contributed by atoms with Crippen LogP contribution < -0.4 is 15.0 Å². The van der Waals surface area contributed by atoms with Gasteiger partial charge in [0.25, 0.3) is 0 Å². The molecule has 0 aliphatic heterocycles. The number of nitrogens with zero attached hydrogens (tertiary/aromatic N) is 1. The first-order valence-corrected chi connectivity index (χ1v) is 5.78. The summed E-state index contributed by atoms with van der Waals surface area (Å²) >= 11 is 5.92. The summed E-state index contributed by atoms with van der Waals surface area (Å²) < 4.78 is 5.20. The normalized spacial score (nSPS) is 10.1. The summed E-state index contributed by atoms with van der Waals surface area (Å²) in [6, 6.07) is 5.19. The lowest BCUT2D eigenvalue weighted by Crippen LogP contribution is -2.35. The van der Waals surface area contributed by atoms with Gasteiger partial charge in [-0.1, -0.05) is 18.5 Å². The zero-order valence-corrected chi connectivity index (χ0v) is 11.0. The summed E-state index contributed by atoms with van der Waals surface area (Å²) in [5, 5.41) is 3.56. The van der Waals surface area contributed by atoms with Crippen molar-refractivity contribution in [3.8, 4) is 5.75 Å². The number of hydrogen-bond donors (Lipinski definition) is 1. The first-order chi connectivity index (χ1) is 8.10. The largest absolute Gasteiger partial charge is 0.495 e. The molecule has 5 heteroatoms. The van der Waals surface area contributed by atoms with E-state index in [1.165, 1.54) is 4.90 Å². The van der Waals surface area contributed by atoms with E-state index in [0.717, 1.165) is 6.54 Å². The third-order valence-electron chi connectivity index (χ3n) is 2.40. The minimum Gasteiger partial charge on any atom is -0.495 e. The highest BCUT2D eigenvalue weighted by Crippen LogP contribution is 2.30. The van der Waals surface area contributed by atoms with Crippen LogP contribution in [0.5, 0.6) is 5.75 Å². The third-order valence-corrected chi connectivity index (χ3v) is 2.64. The molecule has 4 nitrogen and oxygen atoms in total. The zero-order valence-electron chi connectivity index (χ0n) is 10.3. The number of anilines is 1. The van der Waals surface area contributed by atoms with Crippen LogP contribution in [0.1, 0.15) is 6.92 Å². The fraction of sp³-hybridized carbons (Fsp3) is 0.417. The van der Waals surface area contributed by atoms with E-state index in [0.29, 0.717) is 23.0 Å². The van der Waals surface area contributed by atoms with Gasteiger partial charge in [0.1, 0.15) is 5.75 Å². The Morgan fingerprint density at radius 1 is 1.53 bits per heavy atom. The van der Waals surface area contributed by atoms with Crippen molar-refractivity contribution in [3.63, 3.8) is 0 Å². The van der Waals surface area contributed by atoms with E-state index in [-0.39, 0.29) is 5.91 Å². The molecule has 17 heavy (non-hydrogen) atoms. The third kappa shape index (κ3) is 3.61. The Hall–Kier alpha value is -1.26. The van der Waals surface area contributed by atoms with Gasteiger partial charge < -0.3 is 15.0 Å². The monoisotopic (exact) mass is 256 g/mol. The van der Waals surface area contributed by atoms with Gasteiger partial charge in [0.2, 0.25) is 5.91 Å². The van der Waals surface area contributed by atoms with Crippen molar-refractivity contribution >= 4 is 23.2 Å². The Morgan fingerprint density at radius 2 is 2.24 bits per heavy atom. The smallest absolute Gasteiger partial charge is 0.240 e. The maximum atomic E-state index is 11.8. The highest BCUT2D eigenvalue weighted by atomic mass is 35.5. The second kappa shape index (κ2) is 6.47. The van der Waals surface area contributed by atoms with Gasteiger partial charge in [-0.05, 0) is 24.7 Å². The van der Waals surface area contributed by atoms with Crippen molar-refractivity contribution < 1.29 is 9.53 Å². The van der Waals surface area contributed by atoms with Crippen LogP contribution in [0, 0.1) is 0 Å². The predicted octanol–water partition coefficient (Wildman–Crippen LogP) is 1.92. The fourth-order valence-corrected chi connectivity index (χ4v) is 1.58. The number of ether oxygens (including phenoxy) is 1. The maximum absolute atomic E-state index is 11.8. The van der Waals surface area contributed by atoms with Crippen molar-refractivity contribution in [3.05, 3.63) is 23.2 Å². The zero-order chi connectivity index (χ0) is 12.8. The minimum absolute atomic E-state index is 0.0348. The lowest BCUT2D eigenvalue weighted by molar-refractivity contribution is -0.117. The average molecular weight is 257 g/mol.